The number of benzene rings is 2. The van der Waals surface area contributed by atoms with Crippen molar-refractivity contribution in [3.8, 4) is 23.1 Å². The number of aromatic nitrogens is 3. The summed E-state index contributed by atoms with van der Waals surface area (Å²) in [5.41, 5.74) is -4.19. The van der Waals surface area contributed by atoms with E-state index in [4.69, 9.17) is 16.3 Å². The number of carbonyl (C=O) groups is 1. The SMILES string of the molecule is COc1cc(C(=O)NC[C@](O)(c2cc(C3(C#N)CC3)c(F)c(-c3cc(Cl)c(F)cc3F)n2)C2CC2)cc2cn(C(F)F)nc12. The van der Waals surface area contributed by atoms with Crippen LogP contribution in [0, 0.1) is 34.7 Å². The summed E-state index contributed by atoms with van der Waals surface area (Å²) in [6, 6.07) is 7.38. The number of methoxy groups -OCH3 is 1. The van der Waals surface area contributed by atoms with E-state index >= 15 is 4.39 Å². The van der Waals surface area contributed by atoms with Crippen molar-refractivity contribution in [2.45, 2.75) is 43.2 Å². The van der Waals surface area contributed by atoms with Gasteiger partial charge in [0.05, 0.1) is 35.9 Å². The standard InChI is InChI=1S/C30H23ClF5N5O3/c1-44-22-7-14(6-15-11-41(28(35)36)40-25(15)22)27(42)38-13-30(43,16-2-3-16)23-9-18(29(12-37)4-5-29)24(34)26(39-23)17-8-19(31)21(33)10-20(17)32/h6-11,16,28,43H,2-5,13H2,1H3,(H,38,42)/t30-/m1/s1. The number of aliphatic hydroxyl groups is 1. The van der Waals surface area contributed by atoms with Crippen LogP contribution < -0.4 is 10.1 Å². The normalized spacial score (nSPS) is 16.9. The second-order valence-electron chi connectivity index (χ2n) is 11.0. The number of amides is 1. The Kier molecular flexibility index (Phi) is 7.25. The molecule has 2 aliphatic rings. The number of ether oxygens (including phenoxy) is 1. The van der Waals surface area contributed by atoms with Crippen LogP contribution in [0.3, 0.4) is 0 Å². The summed E-state index contributed by atoms with van der Waals surface area (Å²) in [4.78, 5) is 17.6. The molecule has 2 N–H and O–H groups in total. The van der Waals surface area contributed by atoms with Gasteiger partial charge in [-0.2, -0.15) is 19.1 Å². The Labute approximate surface area is 252 Å². The van der Waals surface area contributed by atoms with Crippen LogP contribution in [0.5, 0.6) is 5.75 Å². The number of carbonyl (C=O) groups excluding carboxylic acids is 1. The lowest BCUT2D eigenvalue weighted by molar-refractivity contribution is 0.00938. The highest BCUT2D eigenvalue weighted by Crippen LogP contribution is 2.52. The van der Waals surface area contributed by atoms with Crippen LogP contribution in [-0.2, 0) is 11.0 Å². The Hall–Kier alpha value is -4.28. The molecule has 2 aromatic heterocycles. The van der Waals surface area contributed by atoms with Crippen LogP contribution in [0.2, 0.25) is 5.02 Å². The van der Waals surface area contributed by atoms with Crippen LogP contribution in [0.1, 0.15) is 53.8 Å². The van der Waals surface area contributed by atoms with Gasteiger partial charge in [-0.3, -0.25) is 4.79 Å². The highest BCUT2D eigenvalue weighted by molar-refractivity contribution is 6.31. The van der Waals surface area contributed by atoms with Gasteiger partial charge in [0.1, 0.15) is 34.2 Å². The lowest BCUT2D eigenvalue weighted by atomic mass is 9.87. The Morgan fingerprint density at radius 2 is 1.95 bits per heavy atom. The molecule has 2 aliphatic carbocycles. The van der Waals surface area contributed by atoms with Gasteiger partial charge < -0.3 is 15.2 Å². The first-order valence-corrected chi connectivity index (χ1v) is 13.9. The van der Waals surface area contributed by atoms with Gasteiger partial charge >= 0.3 is 6.55 Å². The molecule has 6 rings (SSSR count). The second-order valence-corrected chi connectivity index (χ2v) is 11.4. The van der Waals surface area contributed by atoms with E-state index in [-0.39, 0.29) is 33.5 Å². The monoisotopic (exact) mass is 631 g/mol. The maximum atomic E-state index is 15.9. The number of hydrogen-bond acceptors (Lipinski definition) is 6. The number of halogens is 6. The third-order valence-corrected chi connectivity index (χ3v) is 8.48. The average Bonchev–Trinajstić information content (AvgIpc) is 3.94. The summed E-state index contributed by atoms with van der Waals surface area (Å²) in [6.45, 7) is -3.33. The number of pyridine rings is 1. The minimum Gasteiger partial charge on any atom is -0.494 e. The molecule has 44 heavy (non-hydrogen) atoms. The molecule has 14 heteroatoms. The molecule has 4 aromatic rings. The van der Waals surface area contributed by atoms with Gasteiger partial charge in [0, 0.05) is 34.3 Å². The zero-order valence-corrected chi connectivity index (χ0v) is 23.7. The molecule has 0 saturated heterocycles. The van der Waals surface area contributed by atoms with Gasteiger partial charge in [-0.25, -0.2) is 22.8 Å². The molecule has 8 nitrogen and oxygen atoms in total. The van der Waals surface area contributed by atoms with E-state index in [1.165, 1.54) is 25.3 Å². The van der Waals surface area contributed by atoms with E-state index < -0.39 is 69.7 Å². The van der Waals surface area contributed by atoms with E-state index in [1.807, 2.05) is 0 Å². The van der Waals surface area contributed by atoms with Crippen LogP contribution in [0.4, 0.5) is 22.0 Å². The van der Waals surface area contributed by atoms with E-state index in [1.54, 1.807) is 0 Å². The van der Waals surface area contributed by atoms with Crippen molar-refractivity contribution in [1.29, 1.82) is 5.26 Å². The zero-order chi connectivity index (χ0) is 31.6. The van der Waals surface area contributed by atoms with Crippen molar-refractivity contribution in [1.82, 2.24) is 20.1 Å². The summed E-state index contributed by atoms with van der Waals surface area (Å²) < 4.78 is 76.9. The number of fused-ring (bicyclic) bond motifs is 1. The zero-order valence-electron chi connectivity index (χ0n) is 23.0. The Morgan fingerprint density at radius 1 is 1.23 bits per heavy atom. The number of nitriles is 1. The fraction of sp³-hybridized carbons (Fsp3) is 0.333. The molecule has 1 atom stereocenters. The van der Waals surface area contributed by atoms with Crippen molar-refractivity contribution in [3.63, 3.8) is 0 Å². The molecule has 0 aliphatic heterocycles. The maximum absolute atomic E-state index is 15.9. The number of nitrogens with one attached hydrogen (secondary N) is 1. The van der Waals surface area contributed by atoms with E-state index in [0.717, 1.165) is 12.3 Å². The molecule has 2 fully saturated rings. The van der Waals surface area contributed by atoms with Crippen molar-refractivity contribution in [2.24, 2.45) is 5.92 Å². The molecular formula is C30H23ClF5N5O3. The minimum absolute atomic E-state index is 0.0270. The van der Waals surface area contributed by atoms with E-state index in [2.05, 4.69) is 21.5 Å². The molecular weight excluding hydrogens is 609 g/mol. The molecule has 1 amide bonds. The third kappa shape index (κ3) is 5.01. The number of rotatable bonds is 9. The van der Waals surface area contributed by atoms with Gasteiger partial charge in [-0.15, -0.1) is 0 Å². The summed E-state index contributed by atoms with van der Waals surface area (Å²) in [5, 5.41) is 28.0. The van der Waals surface area contributed by atoms with Crippen LogP contribution in [-0.4, -0.2) is 39.4 Å². The first-order valence-electron chi connectivity index (χ1n) is 13.5. The summed E-state index contributed by atoms with van der Waals surface area (Å²) >= 11 is 5.87. The fourth-order valence-corrected chi connectivity index (χ4v) is 5.54. The van der Waals surface area contributed by atoms with E-state index in [9.17, 15) is 32.7 Å². The van der Waals surface area contributed by atoms with Crippen LogP contribution >= 0.6 is 11.6 Å². The summed E-state index contributed by atoms with van der Waals surface area (Å²) in [5.74, 6) is -4.25. The van der Waals surface area contributed by atoms with E-state index in [0.29, 0.717) is 36.4 Å². The second kappa shape index (κ2) is 10.7. The highest BCUT2D eigenvalue weighted by atomic mass is 35.5. The molecule has 2 aromatic carbocycles. The van der Waals surface area contributed by atoms with Crippen molar-refractivity contribution in [2.75, 3.05) is 13.7 Å². The predicted octanol–water partition coefficient (Wildman–Crippen LogP) is 6.16. The molecule has 2 heterocycles. The molecule has 2 saturated carbocycles. The lowest BCUT2D eigenvalue weighted by Gasteiger charge is -2.30. The van der Waals surface area contributed by atoms with Gasteiger partial charge in [-0.05, 0) is 55.9 Å². The highest BCUT2D eigenvalue weighted by Gasteiger charge is 2.51. The summed E-state index contributed by atoms with van der Waals surface area (Å²) in [7, 11) is 1.30. The third-order valence-electron chi connectivity index (χ3n) is 8.19. The van der Waals surface area contributed by atoms with Gasteiger partial charge in [-0.1, -0.05) is 11.6 Å². The summed E-state index contributed by atoms with van der Waals surface area (Å²) in [6.07, 6.45) is 2.77. The van der Waals surface area contributed by atoms with Crippen molar-refractivity contribution < 1.29 is 36.6 Å². The predicted molar refractivity (Wildman–Crippen MR) is 148 cm³/mol. The minimum atomic E-state index is -2.91. The quantitative estimate of drug-likeness (QED) is 0.169. The van der Waals surface area contributed by atoms with Gasteiger partial charge in [0.25, 0.3) is 5.91 Å². The smallest absolute Gasteiger partial charge is 0.333 e. The largest absolute Gasteiger partial charge is 0.494 e. The lowest BCUT2D eigenvalue weighted by Crippen LogP contribution is -2.43. The molecule has 0 radical (unpaired) electrons. The number of nitrogens with zero attached hydrogens (tertiary/aromatic N) is 4. The number of alkyl halides is 2. The first-order chi connectivity index (χ1) is 20.9. The van der Waals surface area contributed by atoms with Crippen LogP contribution in [0.25, 0.3) is 22.2 Å². The maximum Gasteiger partial charge on any atom is 0.333 e. The molecule has 0 spiro atoms. The average molecular weight is 632 g/mol. The number of hydrogen-bond donors (Lipinski definition) is 2. The Balaban J connectivity index is 1.39. The molecule has 0 unspecified atom stereocenters. The van der Waals surface area contributed by atoms with Crippen LogP contribution in [0.15, 0.2) is 36.5 Å². The van der Waals surface area contributed by atoms with Gasteiger partial charge in [0.2, 0.25) is 0 Å². The fourth-order valence-electron chi connectivity index (χ4n) is 5.38. The van der Waals surface area contributed by atoms with Gasteiger partial charge in [0.15, 0.2) is 5.82 Å². The Bertz CT molecular complexity index is 1870. The molecule has 228 valence electrons. The van der Waals surface area contributed by atoms with Crippen molar-refractivity contribution >= 4 is 28.4 Å². The first kappa shape index (κ1) is 29.8. The van der Waals surface area contributed by atoms with Crippen molar-refractivity contribution in [3.05, 3.63) is 75.8 Å². The Morgan fingerprint density at radius 3 is 2.57 bits per heavy atom. The molecule has 0 bridgehead atoms. The topological polar surface area (TPSA) is 113 Å².